The number of aliphatic imine (C=N–C) groups is 1. The molecule has 10 nitrogen and oxygen atoms in total. The molecule has 0 saturated carbocycles. The highest BCUT2D eigenvalue weighted by molar-refractivity contribution is 5.92. The Bertz CT molecular complexity index is 621. The van der Waals surface area contributed by atoms with E-state index in [-0.39, 0.29) is 30.2 Å². The Balaban J connectivity index is 2.05. The van der Waals surface area contributed by atoms with Crippen molar-refractivity contribution in [2.24, 2.45) is 28.1 Å². The van der Waals surface area contributed by atoms with Crippen LogP contribution in [0, 0.1) is 5.92 Å². The second kappa shape index (κ2) is 11.0. The number of amides is 3. The van der Waals surface area contributed by atoms with Crippen molar-refractivity contribution < 1.29 is 14.4 Å². The van der Waals surface area contributed by atoms with Crippen molar-refractivity contribution in [3.05, 3.63) is 0 Å². The Morgan fingerprint density at radius 2 is 1.90 bits per heavy atom. The van der Waals surface area contributed by atoms with Gasteiger partial charge in [-0.2, -0.15) is 0 Å². The van der Waals surface area contributed by atoms with Gasteiger partial charge in [0.2, 0.25) is 17.7 Å². The Morgan fingerprint density at radius 3 is 2.55 bits per heavy atom. The van der Waals surface area contributed by atoms with Crippen molar-refractivity contribution in [3.8, 4) is 0 Å². The van der Waals surface area contributed by atoms with E-state index in [0.29, 0.717) is 51.4 Å². The quantitative estimate of drug-likeness (QED) is 0.222. The number of hydrogen-bond donors (Lipinski definition) is 4. The molecule has 7 N–H and O–H groups in total. The van der Waals surface area contributed by atoms with Gasteiger partial charge in [-0.05, 0) is 44.4 Å². The molecule has 3 amide bonds. The molecule has 2 heterocycles. The molecule has 2 saturated heterocycles. The smallest absolute Gasteiger partial charge is 0.245 e. The zero-order chi connectivity index (χ0) is 21.4. The zero-order valence-corrected chi connectivity index (χ0v) is 17.3. The van der Waals surface area contributed by atoms with Gasteiger partial charge in [0.25, 0.3) is 0 Å². The van der Waals surface area contributed by atoms with Crippen molar-refractivity contribution in [3.63, 3.8) is 0 Å². The van der Waals surface area contributed by atoms with E-state index in [9.17, 15) is 14.4 Å². The summed E-state index contributed by atoms with van der Waals surface area (Å²) in [5, 5.41) is 2.89. The van der Waals surface area contributed by atoms with Crippen LogP contribution in [0.3, 0.4) is 0 Å². The van der Waals surface area contributed by atoms with Gasteiger partial charge in [-0.25, -0.2) is 0 Å². The molecule has 2 aliphatic heterocycles. The topological polar surface area (TPSA) is 160 Å². The van der Waals surface area contributed by atoms with Crippen LogP contribution >= 0.6 is 0 Å². The first kappa shape index (κ1) is 22.9. The summed E-state index contributed by atoms with van der Waals surface area (Å²) in [6, 6.07) is -1.23. The molecule has 0 aliphatic carbocycles. The first-order valence-corrected chi connectivity index (χ1v) is 10.5. The molecular weight excluding hydrogens is 374 g/mol. The van der Waals surface area contributed by atoms with Crippen LogP contribution in [0.2, 0.25) is 0 Å². The minimum atomic E-state index is -0.655. The van der Waals surface area contributed by atoms with Gasteiger partial charge in [-0.15, -0.1) is 0 Å². The second-order valence-corrected chi connectivity index (χ2v) is 7.99. The first-order chi connectivity index (χ1) is 13.8. The number of carbonyl (C=O) groups is 3. The highest BCUT2D eigenvalue weighted by atomic mass is 16.2. The van der Waals surface area contributed by atoms with Gasteiger partial charge >= 0.3 is 0 Å². The van der Waals surface area contributed by atoms with Crippen molar-refractivity contribution in [2.45, 2.75) is 57.5 Å². The van der Waals surface area contributed by atoms with Crippen LogP contribution in [0.25, 0.3) is 0 Å². The van der Waals surface area contributed by atoms with E-state index in [2.05, 4.69) is 17.2 Å². The van der Waals surface area contributed by atoms with E-state index in [4.69, 9.17) is 17.2 Å². The average Bonchev–Trinajstić information content (AvgIpc) is 3.19. The molecule has 2 fully saturated rings. The number of nitrogens with one attached hydrogen (secondary N) is 1. The summed E-state index contributed by atoms with van der Waals surface area (Å²) < 4.78 is 0. The number of piperidine rings is 1. The van der Waals surface area contributed by atoms with E-state index in [1.807, 2.05) is 4.90 Å². The molecule has 0 aromatic carbocycles. The Kier molecular flexibility index (Phi) is 8.69. The molecule has 0 radical (unpaired) electrons. The summed E-state index contributed by atoms with van der Waals surface area (Å²) >= 11 is 0. The van der Waals surface area contributed by atoms with Crippen LogP contribution in [-0.2, 0) is 14.4 Å². The van der Waals surface area contributed by atoms with Gasteiger partial charge in [0, 0.05) is 26.2 Å². The Labute approximate surface area is 172 Å². The second-order valence-electron chi connectivity index (χ2n) is 7.99. The van der Waals surface area contributed by atoms with Crippen molar-refractivity contribution in [1.29, 1.82) is 0 Å². The monoisotopic (exact) mass is 409 g/mol. The largest absolute Gasteiger partial charge is 0.370 e. The predicted molar refractivity (Wildman–Crippen MR) is 111 cm³/mol. The third-order valence-corrected chi connectivity index (χ3v) is 5.58. The SMILES string of the molecule is CC1CCCN(C(=O)[C@H](CCCN=C(N)N)NC(=O)[C@@H]2CCCN2C(=O)CN)C1. The van der Waals surface area contributed by atoms with E-state index in [1.165, 1.54) is 4.90 Å². The molecule has 164 valence electrons. The Morgan fingerprint density at radius 1 is 1.17 bits per heavy atom. The minimum Gasteiger partial charge on any atom is -0.370 e. The van der Waals surface area contributed by atoms with Gasteiger partial charge in [-0.1, -0.05) is 6.92 Å². The van der Waals surface area contributed by atoms with Crippen LogP contribution in [-0.4, -0.2) is 78.3 Å². The number of nitrogens with two attached hydrogens (primary N) is 3. The maximum absolute atomic E-state index is 13.1. The fourth-order valence-corrected chi connectivity index (χ4v) is 4.09. The lowest BCUT2D eigenvalue weighted by Gasteiger charge is -2.34. The number of likely N-dealkylation sites (tertiary alicyclic amines) is 2. The van der Waals surface area contributed by atoms with E-state index in [0.717, 1.165) is 19.3 Å². The standard InChI is InChI=1S/C19H35N7O3/c1-13-5-3-9-25(12-13)18(29)14(6-2-8-23-19(21)22)24-17(28)15-7-4-10-26(15)16(27)11-20/h13-15H,2-12,20H2,1H3,(H,24,28)(H4,21,22,23)/t13?,14-,15-/m0/s1. The molecule has 2 rings (SSSR count). The molecule has 2 aliphatic rings. The summed E-state index contributed by atoms with van der Waals surface area (Å²) in [7, 11) is 0. The molecule has 3 atom stereocenters. The van der Waals surface area contributed by atoms with Crippen LogP contribution in [0.15, 0.2) is 4.99 Å². The summed E-state index contributed by atoms with van der Waals surface area (Å²) in [6.07, 6.45) is 4.38. The lowest BCUT2D eigenvalue weighted by atomic mass is 9.98. The van der Waals surface area contributed by atoms with Crippen molar-refractivity contribution >= 4 is 23.7 Å². The van der Waals surface area contributed by atoms with E-state index < -0.39 is 12.1 Å². The van der Waals surface area contributed by atoms with E-state index >= 15 is 0 Å². The van der Waals surface area contributed by atoms with Gasteiger partial charge in [0.05, 0.1) is 6.54 Å². The number of carbonyl (C=O) groups excluding carboxylic acids is 3. The molecule has 29 heavy (non-hydrogen) atoms. The third kappa shape index (κ3) is 6.59. The summed E-state index contributed by atoms with van der Waals surface area (Å²) in [5.41, 5.74) is 16.2. The minimum absolute atomic E-state index is 0.00339. The van der Waals surface area contributed by atoms with Crippen LogP contribution < -0.4 is 22.5 Å². The highest BCUT2D eigenvalue weighted by Gasteiger charge is 2.36. The molecule has 0 bridgehead atoms. The average molecular weight is 410 g/mol. The van der Waals surface area contributed by atoms with Gasteiger partial charge in [0.1, 0.15) is 12.1 Å². The normalized spacial score (nSPS) is 22.8. The summed E-state index contributed by atoms with van der Waals surface area (Å²) in [6.45, 7) is 4.29. The third-order valence-electron chi connectivity index (χ3n) is 5.58. The summed E-state index contributed by atoms with van der Waals surface area (Å²) in [5.74, 6) is -0.177. The molecule has 0 spiro atoms. The highest BCUT2D eigenvalue weighted by Crippen LogP contribution is 2.20. The molecule has 0 aromatic rings. The Hall–Kier alpha value is -2.36. The van der Waals surface area contributed by atoms with Gasteiger partial charge < -0.3 is 32.3 Å². The van der Waals surface area contributed by atoms with Crippen LogP contribution in [0.1, 0.15) is 45.4 Å². The fraction of sp³-hybridized carbons (Fsp3) is 0.789. The van der Waals surface area contributed by atoms with Crippen molar-refractivity contribution in [2.75, 3.05) is 32.7 Å². The number of hydrogen-bond acceptors (Lipinski definition) is 5. The van der Waals surface area contributed by atoms with E-state index in [1.54, 1.807) is 0 Å². The van der Waals surface area contributed by atoms with Crippen LogP contribution in [0.5, 0.6) is 0 Å². The molecular formula is C19H35N7O3. The van der Waals surface area contributed by atoms with Crippen molar-refractivity contribution in [1.82, 2.24) is 15.1 Å². The predicted octanol–water partition coefficient (Wildman–Crippen LogP) is -1.27. The lowest BCUT2D eigenvalue weighted by molar-refractivity contribution is -0.141. The van der Waals surface area contributed by atoms with Gasteiger partial charge in [0.15, 0.2) is 5.96 Å². The lowest BCUT2D eigenvalue weighted by Crippen LogP contribution is -2.55. The fourth-order valence-electron chi connectivity index (χ4n) is 4.09. The molecule has 0 aromatic heterocycles. The number of nitrogens with zero attached hydrogens (tertiary/aromatic N) is 3. The number of guanidine groups is 1. The maximum atomic E-state index is 13.1. The van der Waals surface area contributed by atoms with Crippen LogP contribution in [0.4, 0.5) is 0 Å². The number of rotatable bonds is 8. The first-order valence-electron chi connectivity index (χ1n) is 10.5. The zero-order valence-electron chi connectivity index (χ0n) is 17.3. The molecule has 1 unspecified atom stereocenters. The van der Waals surface area contributed by atoms with Gasteiger partial charge in [-0.3, -0.25) is 19.4 Å². The summed E-state index contributed by atoms with van der Waals surface area (Å²) in [4.78, 5) is 45.3. The molecule has 10 heteroatoms. The maximum Gasteiger partial charge on any atom is 0.245 e.